The lowest BCUT2D eigenvalue weighted by Gasteiger charge is -2.07. The predicted octanol–water partition coefficient (Wildman–Crippen LogP) is 4.03. The Balaban J connectivity index is 1.93. The van der Waals surface area contributed by atoms with Gasteiger partial charge in [0, 0.05) is 17.6 Å². The predicted molar refractivity (Wildman–Crippen MR) is 78.5 cm³/mol. The molecular weight excluding hydrogens is 242 g/mol. The number of nitrogens with one attached hydrogen (secondary N) is 1. The van der Waals surface area contributed by atoms with E-state index in [-0.39, 0.29) is 0 Å². The summed E-state index contributed by atoms with van der Waals surface area (Å²) >= 11 is 1.75. The van der Waals surface area contributed by atoms with E-state index in [2.05, 4.69) is 35.8 Å². The summed E-state index contributed by atoms with van der Waals surface area (Å²) in [6.45, 7) is 0.605. The molecule has 2 aromatic rings. The SMILES string of the molecule is CNc1ccc(OCc2ccc(SC)cc2)cc1. The third-order valence-corrected chi connectivity index (χ3v) is 3.45. The standard InChI is InChI=1S/C15H17NOS/c1-16-13-5-7-14(8-6-13)17-11-12-3-9-15(18-2)10-4-12/h3-10,16H,11H2,1-2H3. The topological polar surface area (TPSA) is 21.3 Å². The molecule has 0 unspecified atom stereocenters. The molecule has 18 heavy (non-hydrogen) atoms. The fourth-order valence-corrected chi connectivity index (χ4v) is 2.01. The van der Waals surface area contributed by atoms with Crippen LogP contribution in [0, 0.1) is 0 Å². The molecule has 0 aliphatic carbocycles. The van der Waals surface area contributed by atoms with Gasteiger partial charge >= 0.3 is 0 Å². The summed E-state index contributed by atoms with van der Waals surface area (Å²) in [5.41, 5.74) is 2.28. The molecule has 0 aliphatic heterocycles. The van der Waals surface area contributed by atoms with Gasteiger partial charge in [0.2, 0.25) is 0 Å². The van der Waals surface area contributed by atoms with Gasteiger partial charge in [-0.3, -0.25) is 0 Å². The summed E-state index contributed by atoms with van der Waals surface area (Å²) in [4.78, 5) is 1.28. The number of ether oxygens (including phenoxy) is 1. The van der Waals surface area contributed by atoms with E-state index in [0.29, 0.717) is 6.61 Å². The van der Waals surface area contributed by atoms with Gasteiger partial charge in [-0.2, -0.15) is 0 Å². The van der Waals surface area contributed by atoms with Crippen LogP contribution in [0.1, 0.15) is 5.56 Å². The van der Waals surface area contributed by atoms with Crippen LogP contribution in [0.4, 0.5) is 5.69 Å². The molecule has 1 N–H and O–H groups in total. The lowest BCUT2D eigenvalue weighted by molar-refractivity contribution is 0.306. The molecule has 0 aliphatic rings. The molecule has 0 saturated carbocycles. The monoisotopic (exact) mass is 259 g/mol. The molecule has 2 aromatic carbocycles. The lowest BCUT2D eigenvalue weighted by atomic mass is 10.2. The van der Waals surface area contributed by atoms with E-state index in [1.807, 2.05) is 31.3 Å². The number of hydrogen-bond donors (Lipinski definition) is 1. The summed E-state index contributed by atoms with van der Waals surface area (Å²) in [6.07, 6.45) is 2.08. The Kier molecular flexibility index (Phi) is 4.53. The van der Waals surface area contributed by atoms with Gasteiger partial charge in [-0.05, 0) is 48.2 Å². The van der Waals surface area contributed by atoms with Crippen molar-refractivity contribution in [3.63, 3.8) is 0 Å². The van der Waals surface area contributed by atoms with E-state index in [9.17, 15) is 0 Å². The Morgan fingerprint density at radius 3 is 2.22 bits per heavy atom. The fourth-order valence-electron chi connectivity index (χ4n) is 1.61. The van der Waals surface area contributed by atoms with Gasteiger partial charge in [-0.1, -0.05) is 12.1 Å². The van der Waals surface area contributed by atoms with Crippen LogP contribution in [0.3, 0.4) is 0 Å². The molecule has 0 spiro atoms. The first-order chi connectivity index (χ1) is 8.81. The van der Waals surface area contributed by atoms with E-state index in [4.69, 9.17) is 4.74 Å². The molecule has 0 atom stereocenters. The van der Waals surface area contributed by atoms with E-state index < -0.39 is 0 Å². The highest BCUT2D eigenvalue weighted by Crippen LogP contribution is 2.18. The summed E-state index contributed by atoms with van der Waals surface area (Å²) in [7, 11) is 1.91. The number of rotatable bonds is 5. The van der Waals surface area contributed by atoms with Crippen molar-refractivity contribution in [1.29, 1.82) is 0 Å². The van der Waals surface area contributed by atoms with Crippen LogP contribution >= 0.6 is 11.8 Å². The van der Waals surface area contributed by atoms with Crippen molar-refractivity contribution >= 4 is 17.4 Å². The zero-order chi connectivity index (χ0) is 12.8. The molecule has 0 amide bonds. The van der Waals surface area contributed by atoms with Crippen LogP contribution in [0.15, 0.2) is 53.4 Å². The van der Waals surface area contributed by atoms with Gasteiger partial charge in [-0.25, -0.2) is 0 Å². The molecular formula is C15H17NOS. The van der Waals surface area contributed by atoms with Crippen LogP contribution in [0.25, 0.3) is 0 Å². The van der Waals surface area contributed by atoms with Crippen molar-refractivity contribution in [2.75, 3.05) is 18.6 Å². The molecule has 3 heteroatoms. The quantitative estimate of drug-likeness (QED) is 0.819. The smallest absolute Gasteiger partial charge is 0.119 e. The molecule has 94 valence electrons. The van der Waals surface area contributed by atoms with E-state index >= 15 is 0 Å². The van der Waals surface area contributed by atoms with Crippen LogP contribution in [-0.4, -0.2) is 13.3 Å². The maximum Gasteiger partial charge on any atom is 0.119 e. The van der Waals surface area contributed by atoms with Gasteiger partial charge in [0.05, 0.1) is 0 Å². The third-order valence-electron chi connectivity index (χ3n) is 2.71. The Hall–Kier alpha value is -1.61. The fraction of sp³-hybridized carbons (Fsp3) is 0.200. The molecule has 0 bridgehead atoms. The zero-order valence-electron chi connectivity index (χ0n) is 10.6. The van der Waals surface area contributed by atoms with E-state index in [1.165, 1.54) is 10.5 Å². The molecule has 0 fully saturated rings. The Bertz CT molecular complexity index is 431. The summed E-state index contributed by atoms with van der Waals surface area (Å²) in [5.74, 6) is 0.892. The number of hydrogen-bond acceptors (Lipinski definition) is 3. The Labute approximate surface area is 112 Å². The second kappa shape index (κ2) is 6.36. The van der Waals surface area contributed by atoms with Crippen molar-refractivity contribution < 1.29 is 4.74 Å². The molecule has 0 saturated heterocycles. The first-order valence-corrected chi connectivity index (χ1v) is 7.08. The highest BCUT2D eigenvalue weighted by molar-refractivity contribution is 7.98. The second-order valence-corrected chi connectivity index (χ2v) is 4.79. The van der Waals surface area contributed by atoms with Crippen molar-refractivity contribution in [2.45, 2.75) is 11.5 Å². The summed E-state index contributed by atoms with van der Waals surface area (Å²) < 4.78 is 5.73. The van der Waals surface area contributed by atoms with Gasteiger partial charge in [0.1, 0.15) is 12.4 Å². The van der Waals surface area contributed by atoms with Gasteiger partial charge in [0.15, 0.2) is 0 Å². The van der Waals surface area contributed by atoms with Crippen LogP contribution in [0.2, 0.25) is 0 Å². The maximum atomic E-state index is 5.73. The molecule has 2 nitrogen and oxygen atoms in total. The number of thioether (sulfide) groups is 1. The minimum Gasteiger partial charge on any atom is -0.489 e. The van der Waals surface area contributed by atoms with Crippen LogP contribution in [-0.2, 0) is 6.61 Å². The number of benzene rings is 2. The van der Waals surface area contributed by atoms with Gasteiger partial charge < -0.3 is 10.1 Å². The average Bonchev–Trinajstić information content (AvgIpc) is 2.46. The first-order valence-electron chi connectivity index (χ1n) is 5.85. The second-order valence-electron chi connectivity index (χ2n) is 3.91. The Morgan fingerprint density at radius 2 is 1.67 bits per heavy atom. The van der Waals surface area contributed by atoms with Crippen LogP contribution < -0.4 is 10.1 Å². The van der Waals surface area contributed by atoms with Crippen LogP contribution in [0.5, 0.6) is 5.75 Å². The van der Waals surface area contributed by atoms with Crippen molar-refractivity contribution in [3.8, 4) is 5.75 Å². The summed E-state index contributed by atoms with van der Waals surface area (Å²) in [6, 6.07) is 16.4. The molecule has 0 radical (unpaired) electrons. The third kappa shape index (κ3) is 3.44. The largest absolute Gasteiger partial charge is 0.489 e. The molecule has 0 heterocycles. The highest BCUT2D eigenvalue weighted by Gasteiger charge is 1.97. The van der Waals surface area contributed by atoms with Crippen molar-refractivity contribution in [3.05, 3.63) is 54.1 Å². The normalized spacial score (nSPS) is 10.1. The van der Waals surface area contributed by atoms with Gasteiger partial charge in [0.25, 0.3) is 0 Å². The van der Waals surface area contributed by atoms with E-state index in [1.54, 1.807) is 11.8 Å². The molecule has 2 rings (SSSR count). The van der Waals surface area contributed by atoms with Gasteiger partial charge in [-0.15, -0.1) is 11.8 Å². The Morgan fingerprint density at radius 1 is 1.00 bits per heavy atom. The number of anilines is 1. The highest BCUT2D eigenvalue weighted by atomic mass is 32.2. The van der Waals surface area contributed by atoms with E-state index in [0.717, 1.165) is 11.4 Å². The average molecular weight is 259 g/mol. The van der Waals surface area contributed by atoms with Crippen molar-refractivity contribution in [2.24, 2.45) is 0 Å². The minimum absolute atomic E-state index is 0.605. The summed E-state index contributed by atoms with van der Waals surface area (Å²) in [5, 5.41) is 3.08. The van der Waals surface area contributed by atoms with Crippen molar-refractivity contribution in [1.82, 2.24) is 0 Å². The lowest BCUT2D eigenvalue weighted by Crippen LogP contribution is -1.95. The maximum absolute atomic E-state index is 5.73. The molecule has 0 aromatic heterocycles. The minimum atomic E-state index is 0.605. The zero-order valence-corrected chi connectivity index (χ0v) is 11.5. The first kappa shape index (κ1) is 12.8.